The van der Waals surface area contributed by atoms with Crippen molar-refractivity contribution in [2.24, 2.45) is 0 Å². The predicted molar refractivity (Wildman–Crippen MR) is 77.6 cm³/mol. The zero-order chi connectivity index (χ0) is 14.0. The van der Waals surface area contributed by atoms with Crippen LogP contribution in [-0.2, 0) is 5.41 Å². The highest BCUT2D eigenvalue weighted by Crippen LogP contribution is 2.25. The predicted octanol–water partition coefficient (Wildman–Crippen LogP) is 0.526. The first kappa shape index (κ1) is 14.5. The van der Waals surface area contributed by atoms with Crippen molar-refractivity contribution >= 4 is 12.6 Å². The van der Waals surface area contributed by atoms with Gasteiger partial charge in [-0.3, -0.25) is 4.98 Å². The SMILES string of the molecule is CC(C)(C)c1cc(B(O)O)cc(C2CCCNC2)n1. The lowest BCUT2D eigenvalue weighted by molar-refractivity contribution is 0.424. The number of pyridine rings is 1. The Kier molecular flexibility index (Phi) is 4.28. The Labute approximate surface area is 115 Å². The molecular formula is C14H23BN2O2. The minimum Gasteiger partial charge on any atom is -0.423 e. The maximum atomic E-state index is 9.45. The first-order chi connectivity index (χ1) is 8.88. The minimum atomic E-state index is -1.43. The van der Waals surface area contributed by atoms with Gasteiger partial charge in [0.05, 0.1) is 0 Å². The van der Waals surface area contributed by atoms with Crippen molar-refractivity contribution in [2.75, 3.05) is 13.1 Å². The Morgan fingerprint density at radius 3 is 2.58 bits per heavy atom. The molecule has 1 fully saturated rings. The van der Waals surface area contributed by atoms with Crippen molar-refractivity contribution in [2.45, 2.75) is 44.9 Å². The second-order valence-electron chi connectivity index (χ2n) is 6.38. The van der Waals surface area contributed by atoms with E-state index in [1.807, 2.05) is 6.07 Å². The largest absolute Gasteiger partial charge is 0.488 e. The summed E-state index contributed by atoms with van der Waals surface area (Å²) in [6.45, 7) is 8.25. The zero-order valence-corrected chi connectivity index (χ0v) is 12.0. The minimum absolute atomic E-state index is 0.0955. The highest BCUT2D eigenvalue weighted by atomic mass is 16.4. The van der Waals surface area contributed by atoms with E-state index >= 15 is 0 Å². The van der Waals surface area contributed by atoms with E-state index in [2.05, 4.69) is 26.1 Å². The first-order valence-electron chi connectivity index (χ1n) is 6.97. The normalized spacial score (nSPS) is 20.4. The molecule has 1 aromatic heterocycles. The van der Waals surface area contributed by atoms with Gasteiger partial charge < -0.3 is 15.4 Å². The Morgan fingerprint density at radius 1 is 1.32 bits per heavy atom. The number of rotatable bonds is 2. The Balaban J connectivity index is 2.39. The fraction of sp³-hybridized carbons (Fsp3) is 0.643. The maximum Gasteiger partial charge on any atom is 0.488 e. The topological polar surface area (TPSA) is 65.4 Å². The summed E-state index contributed by atoms with van der Waals surface area (Å²) in [4.78, 5) is 4.75. The van der Waals surface area contributed by atoms with Crippen LogP contribution in [0.2, 0.25) is 0 Å². The summed E-state index contributed by atoms with van der Waals surface area (Å²) in [7, 11) is -1.43. The molecule has 1 aromatic rings. The monoisotopic (exact) mass is 262 g/mol. The summed E-state index contributed by atoms with van der Waals surface area (Å²) in [5.74, 6) is 0.369. The quantitative estimate of drug-likeness (QED) is 0.680. The molecule has 2 rings (SSSR count). The van der Waals surface area contributed by atoms with Crippen LogP contribution >= 0.6 is 0 Å². The van der Waals surface area contributed by atoms with Crippen LogP contribution < -0.4 is 10.8 Å². The molecule has 0 radical (unpaired) electrons. The first-order valence-corrected chi connectivity index (χ1v) is 6.97. The number of nitrogens with zero attached hydrogens (tertiary/aromatic N) is 1. The van der Waals surface area contributed by atoms with Crippen LogP contribution in [0.3, 0.4) is 0 Å². The highest BCUT2D eigenvalue weighted by molar-refractivity contribution is 6.58. The molecule has 0 bridgehead atoms. The lowest BCUT2D eigenvalue weighted by atomic mass is 9.76. The third-order valence-electron chi connectivity index (χ3n) is 3.65. The molecule has 0 spiro atoms. The third kappa shape index (κ3) is 3.56. The molecule has 1 aliphatic heterocycles. The summed E-state index contributed by atoms with van der Waals surface area (Å²) in [6, 6.07) is 3.63. The van der Waals surface area contributed by atoms with Gasteiger partial charge in [-0.05, 0) is 37.0 Å². The van der Waals surface area contributed by atoms with Gasteiger partial charge in [-0.25, -0.2) is 0 Å². The van der Waals surface area contributed by atoms with Crippen molar-refractivity contribution in [1.29, 1.82) is 0 Å². The lowest BCUT2D eigenvalue weighted by Gasteiger charge is -2.26. The van der Waals surface area contributed by atoms with Crippen LogP contribution in [0.25, 0.3) is 0 Å². The Morgan fingerprint density at radius 2 is 2.05 bits per heavy atom. The van der Waals surface area contributed by atoms with E-state index < -0.39 is 7.12 Å². The molecule has 19 heavy (non-hydrogen) atoms. The van der Waals surface area contributed by atoms with Crippen molar-refractivity contribution in [1.82, 2.24) is 10.3 Å². The zero-order valence-electron chi connectivity index (χ0n) is 12.0. The Bertz CT molecular complexity index is 438. The van der Waals surface area contributed by atoms with E-state index in [1.165, 1.54) is 0 Å². The van der Waals surface area contributed by atoms with Gasteiger partial charge in [0.25, 0.3) is 0 Å². The summed E-state index contributed by atoms with van der Waals surface area (Å²) >= 11 is 0. The molecule has 1 aliphatic rings. The van der Waals surface area contributed by atoms with Crippen LogP contribution in [-0.4, -0.2) is 35.2 Å². The summed E-state index contributed by atoms with van der Waals surface area (Å²) < 4.78 is 0. The third-order valence-corrected chi connectivity index (χ3v) is 3.65. The number of nitrogens with one attached hydrogen (secondary N) is 1. The van der Waals surface area contributed by atoms with Crippen LogP contribution in [0, 0.1) is 0 Å². The summed E-state index contributed by atoms with van der Waals surface area (Å²) in [6.07, 6.45) is 2.25. The van der Waals surface area contributed by atoms with Crippen molar-refractivity contribution in [3.63, 3.8) is 0 Å². The molecule has 0 amide bonds. The molecule has 3 N–H and O–H groups in total. The second kappa shape index (κ2) is 5.61. The molecular weight excluding hydrogens is 239 g/mol. The number of hydrogen-bond acceptors (Lipinski definition) is 4. The maximum absolute atomic E-state index is 9.45. The van der Waals surface area contributed by atoms with Gasteiger partial charge in [-0.1, -0.05) is 20.8 Å². The van der Waals surface area contributed by atoms with Crippen molar-refractivity contribution in [3.8, 4) is 0 Å². The van der Waals surface area contributed by atoms with Crippen LogP contribution in [0.5, 0.6) is 0 Å². The highest BCUT2D eigenvalue weighted by Gasteiger charge is 2.24. The molecule has 4 nitrogen and oxygen atoms in total. The van der Waals surface area contributed by atoms with Gasteiger partial charge >= 0.3 is 7.12 Å². The molecule has 104 valence electrons. The standard InChI is InChI=1S/C14H23BN2O2/c1-14(2,3)13-8-11(15(18)19)7-12(17-13)10-5-4-6-16-9-10/h7-8,10,16,18-19H,4-6,9H2,1-3H3. The molecule has 1 saturated heterocycles. The number of piperidine rings is 1. The molecule has 1 atom stereocenters. The molecule has 0 aliphatic carbocycles. The molecule has 0 saturated carbocycles. The fourth-order valence-corrected chi connectivity index (χ4v) is 2.42. The fourth-order valence-electron chi connectivity index (χ4n) is 2.42. The van der Waals surface area contributed by atoms with E-state index in [9.17, 15) is 10.0 Å². The van der Waals surface area contributed by atoms with E-state index in [0.717, 1.165) is 37.3 Å². The molecule has 0 aromatic carbocycles. The summed E-state index contributed by atoms with van der Waals surface area (Å²) in [5.41, 5.74) is 2.34. The number of aromatic nitrogens is 1. The summed E-state index contributed by atoms with van der Waals surface area (Å²) in [5, 5.41) is 22.3. The van der Waals surface area contributed by atoms with Gasteiger partial charge in [-0.2, -0.15) is 0 Å². The van der Waals surface area contributed by atoms with Crippen molar-refractivity contribution in [3.05, 3.63) is 23.5 Å². The average molecular weight is 262 g/mol. The van der Waals surface area contributed by atoms with Crippen LogP contribution in [0.1, 0.15) is 50.9 Å². The van der Waals surface area contributed by atoms with E-state index in [0.29, 0.717) is 11.4 Å². The van der Waals surface area contributed by atoms with Gasteiger partial charge in [0.2, 0.25) is 0 Å². The van der Waals surface area contributed by atoms with Crippen LogP contribution in [0.15, 0.2) is 12.1 Å². The van der Waals surface area contributed by atoms with Crippen LogP contribution in [0.4, 0.5) is 0 Å². The molecule has 2 heterocycles. The van der Waals surface area contributed by atoms with Gasteiger partial charge in [0, 0.05) is 29.3 Å². The molecule has 1 unspecified atom stereocenters. The van der Waals surface area contributed by atoms with E-state index in [-0.39, 0.29) is 5.41 Å². The Hall–Kier alpha value is -0.905. The lowest BCUT2D eigenvalue weighted by Crippen LogP contribution is -2.35. The van der Waals surface area contributed by atoms with Gasteiger partial charge in [0.15, 0.2) is 0 Å². The second-order valence-corrected chi connectivity index (χ2v) is 6.38. The average Bonchev–Trinajstić information content (AvgIpc) is 2.38. The smallest absolute Gasteiger partial charge is 0.423 e. The van der Waals surface area contributed by atoms with E-state index in [1.54, 1.807) is 6.07 Å². The van der Waals surface area contributed by atoms with E-state index in [4.69, 9.17) is 4.98 Å². The number of hydrogen-bond donors (Lipinski definition) is 3. The van der Waals surface area contributed by atoms with Gasteiger partial charge in [-0.15, -0.1) is 0 Å². The van der Waals surface area contributed by atoms with Crippen molar-refractivity contribution < 1.29 is 10.0 Å². The van der Waals surface area contributed by atoms with Gasteiger partial charge in [0.1, 0.15) is 0 Å². The molecule has 5 heteroatoms.